The zero-order valence-electron chi connectivity index (χ0n) is 19.5. The summed E-state index contributed by atoms with van der Waals surface area (Å²) >= 11 is 1.64. The van der Waals surface area contributed by atoms with Crippen molar-refractivity contribution >= 4 is 23.2 Å². The summed E-state index contributed by atoms with van der Waals surface area (Å²) in [6.45, 7) is 2.22. The van der Waals surface area contributed by atoms with Crippen molar-refractivity contribution in [3.8, 4) is 0 Å². The van der Waals surface area contributed by atoms with Crippen LogP contribution in [-0.2, 0) is 16.0 Å². The van der Waals surface area contributed by atoms with Gasteiger partial charge in [0, 0.05) is 36.3 Å². The van der Waals surface area contributed by atoms with E-state index in [4.69, 9.17) is 0 Å². The fourth-order valence-electron chi connectivity index (χ4n) is 5.51. The number of rotatable bonds is 8. The van der Waals surface area contributed by atoms with Crippen molar-refractivity contribution in [2.24, 2.45) is 11.3 Å². The Bertz CT molecular complexity index is 1050. The van der Waals surface area contributed by atoms with Crippen LogP contribution in [0.2, 0.25) is 0 Å². The van der Waals surface area contributed by atoms with Crippen LogP contribution >= 0.6 is 11.3 Å². The van der Waals surface area contributed by atoms with Gasteiger partial charge in [-0.05, 0) is 53.7 Å². The lowest BCUT2D eigenvalue weighted by Gasteiger charge is -2.33. The summed E-state index contributed by atoms with van der Waals surface area (Å²) in [6.07, 6.45) is 4.23. The highest BCUT2D eigenvalue weighted by atomic mass is 32.1. The van der Waals surface area contributed by atoms with E-state index in [1.54, 1.807) is 11.3 Å². The molecular weight excluding hydrogens is 440 g/mol. The molecule has 34 heavy (non-hydrogen) atoms. The molecule has 176 valence electrons. The van der Waals surface area contributed by atoms with Crippen molar-refractivity contribution in [1.29, 1.82) is 0 Å². The summed E-state index contributed by atoms with van der Waals surface area (Å²) < 4.78 is 0. The van der Waals surface area contributed by atoms with Gasteiger partial charge in [-0.2, -0.15) is 0 Å². The average Bonchev–Trinajstić information content (AvgIpc) is 3.32. The van der Waals surface area contributed by atoms with E-state index < -0.39 is 0 Å². The van der Waals surface area contributed by atoms with Gasteiger partial charge in [-0.3, -0.25) is 9.59 Å². The van der Waals surface area contributed by atoms with Crippen LogP contribution in [0.15, 0.2) is 78.2 Å². The molecule has 4 nitrogen and oxygen atoms in total. The maximum Gasteiger partial charge on any atom is 0.227 e. The van der Waals surface area contributed by atoms with Gasteiger partial charge in [-0.1, -0.05) is 66.7 Å². The van der Waals surface area contributed by atoms with E-state index in [0.717, 1.165) is 43.6 Å². The van der Waals surface area contributed by atoms with E-state index in [1.165, 1.54) is 11.1 Å². The van der Waals surface area contributed by atoms with Crippen molar-refractivity contribution in [3.05, 3.63) is 94.2 Å². The number of hydrogen-bond donors (Lipinski definition) is 1. The van der Waals surface area contributed by atoms with Gasteiger partial charge in [0.25, 0.3) is 0 Å². The molecule has 3 aromatic rings. The molecule has 2 aromatic carbocycles. The van der Waals surface area contributed by atoms with Gasteiger partial charge in [0.15, 0.2) is 0 Å². The second-order valence-corrected chi connectivity index (χ2v) is 10.7. The Balaban J connectivity index is 1.11. The lowest BCUT2D eigenvalue weighted by Crippen LogP contribution is -2.41. The third-order valence-corrected chi connectivity index (χ3v) is 8.54. The van der Waals surface area contributed by atoms with Gasteiger partial charge in [-0.25, -0.2) is 0 Å². The van der Waals surface area contributed by atoms with Gasteiger partial charge in [0.05, 0.1) is 6.42 Å². The summed E-state index contributed by atoms with van der Waals surface area (Å²) in [6, 6.07) is 25.1. The Kier molecular flexibility index (Phi) is 6.82. The van der Waals surface area contributed by atoms with Gasteiger partial charge in [0.1, 0.15) is 0 Å². The quantitative estimate of drug-likeness (QED) is 0.486. The first-order chi connectivity index (χ1) is 16.6. The normalized spacial score (nSPS) is 18.7. The van der Waals surface area contributed by atoms with E-state index in [0.29, 0.717) is 13.0 Å². The van der Waals surface area contributed by atoms with Gasteiger partial charge in [-0.15, -0.1) is 11.3 Å². The molecular formula is C29H32N2O2S. The molecule has 2 heterocycles. The van der Waals surface area contributed by atoms with Crippen LogP contribution in [-0.4, -0.2) is 36.3 Å². The molecule has 2 fully saturated rings. The van der Waals surface area contributed by atoms with E-state index in [1.807, 2.05) is 34.5 Å². The molecule has 1 saturated carbocycles. The van der Waals surface area contributed by atoms with E-state index in [9.17, 15) is 9.59 Å². The standard InChI is InChI=1S/C29H32N2O2S/c32-27(20-24-12-7-19-34-24)31-17-14-29(15-18-31)21-26(29)28(33)30-16-13-25(22-8-3-1-4-9-22)23-10-5-2-6-11-23/h1-12,19,25-26H,13-18,20-21H2,(H,30,33)/t26-/m0/s1. The number of nitrogens with zero attached hydrogens (tertiary/aromatic N) is 1. The summed E-state index contributed by atoms with van der Waals surface area (Å²) in [5.74, 6) is 0.785. The average molecular weight is 473 g/mol. The molecule has 1 aromatic heterocycles. The van der Waals surface area contributed by atoms with E-state index in [2.05, 4.69) is 53.8 Å². The molecule has 1 spiro atoms. The number of carbonyl (C=O) groups excluding carboxylic acids is 2. The molecule has 1 aliphatic carbocycles. The number of hydrogen-bond acceptors (Lipinski definition) is 3. The first kappa shape index (κ1) is 22.9. The third kappa shape index (κ3) is 5.10. The molecule has 1 N–H and O–H groups in total. The second-order valence-electron chi connectivity index (χ2n) is 9.71. The zero-order chi connectivity index (χ0) is 23.4. The molecule has 0 unspecified atom stereocenters. The molecule has 0 radical (unpaired) electrons. The van der Waals surface area contributed by atoms with Gasteiger partial charge >= 0.3 is 0 Å². The molecule has 1 saturated heterocycles. The number of thiophene rings is 1. The van der Waals surface area contributed by atoms with Crippen LogP contribution < -0.4 is 5.32 Å². The molecule has 5 heteroatoms. The van der Waals surface area contributed by atoms with Crippen molar-refractivity contribution in [1.82, 2.24) is 10.2 Å². The maximum atomic E-state index is 13.0. The van der Waals surface area contributed by atoms with Crippen LogP contribution in [0.25, 0.3) is 0 Å². The Labute approximate surface area is 206 Å². The summed E-state index contributed by atoms with van der Waals surface area (Å²) in [5.41, 5.74) is 2.68. The fraction of sp³-hybridized carbons (Fsp3) is 0.379. The van der Waals surface area contributed by atoms with Crippen LogP contribution in [0.3, 0.4) is 0 Å². The monoisotopic (exact) mass is 472 g/mol. The summed E-state index contributed by atoms with van der Waals surface area (Å²) in [4.78, 5) is 28.7. The minimum Gasteiger partial charge on any atom is -0.356 e. The van der Waals surface area contributed by atoms with Crippen molar-refractivity contribution in [2.75, 3.05) is 19.6 Å². The van der Waals surface area contributed by atoms with Gasteiger partial charge in [0.2, 0.25) is 11.8 Å². The Morgan fingerprint density at radius 1 is 0.941 bits per heavy atom. The first-order valence-electron chi connectivity index (χ1n) is 12.3. The maximum absolute atomic E-state index is 13.0. The highest BCUT2D eigenvalue weighted by Gasteiger charge is 2.58. The lowest BCUT2D eigenvalue weighted by atomic mass is 9.88. The number of likely N-dealkylation sites (tertiary alicyclic amines) is 1. The Hall–Kier alpha value is -2.92. The Morgan fingerprint density at radius 2 is 1.59 bits per heavy atom. The molecule has 1 atom stereocenters. The number of carbonyl (C=O) groups is 2. The van der Waals surface area contributed by atoms with Crippen LogP contribution in [0.1, 0.15) is 47.6 Å². The highest BCUT2D eigenvalue weighted by Crippen LogP contribution is 2.59. The van der Waals surface area contributed by atoms with Crippen LogP contribution in [0, 0.1) is 11.3 Å². The third-order valence-electron chi connectivity index (χ3n) is 7.66. The second kappa shape index (κ2) is 10.1. The largest absolute Gasteiger partial charge is 0.356 e. The van der Waals surface area contributed by atoms with E-state index >= 15 is 0 Å². The fourth-order valence-corrected chi connectivity index (χ4v) is 6.20. The SMILES string of the molecule is O=C(NCCC(c1ccccc1)c1ccccc1)[C@@H]1CC12CCN(C(=O)Cc1cccs1)CC2. The number of piperidine rings is 1. The van der Waals surface area contributed by atoms with Crippen molar-refractivity contribution in [3.63, 3.8) is 0 Å². The van der Waals surface area contributed by atoms with Gasteiger partial charge < -0.3 is 10.2 Å². The van der Waals surface area contributed by atoms with E-state index in [-0.39, 0.29) is 29.1 Å². The molecule has 1 aliphatic heterocycles. The number of amides is 2. The predicted molar refractivity (Wildman–Crippen MR) is 137 cm³/mol. The van der Waals surface area contributed by atoms with Crippen LogP contribution in [0.4, 0.5) is 0 Å². The smallest absolute Gasteiger partial charge is 0.227 e. The topological polar surface area (TPSA) is 49.4 Å². The minimum atomic E-state index is 0.106. The zero-order valence-corrected chi connectivity index (χ0v) is 20.3. The van der Waals surface area contributed by atoms with Crippen molar-refractivity contribution in [2.45, 2.75) is 38.0 Å². The molecule has 2 aliphatic rings. The van der Waals surface area contributed by atoms with Crippen LogP contribution in [0.5, 0.6) is 0 Å². The minimum absolute atomic E-state index is 0.106. The molecule has 2 amide bonds. The first-order valence-corrected chi connectivity index (χ1v) is 13.2. The number of nitrogens with one attached hydrogen (secondary N) is 1. The predicted octanol–water partition coefficient (Wildman–Crippen LogP) is 5.26. The summed E-state index contributed by atoms with van der Waals surface area (Å²) in [7, 11) is 0. The number of benzene rings is 2. The summed E-state index contributed by atoms with van der Waals surface area (Å²) in [5, 5.41) is 5.25. The lowest BCUT2D eigenvalue weighted by molar-refractivity contribution is -0.132. The molecule has 5 rings (SSSR count). The van der Waals surface area contributed by atoms with Crippen molar-refractivity contribution < 1.29 is 9.59 Å². The Morgan fingerprint density at radius 3 is 2.18 bits per heavy atom. The highest BCUT2D eigenvalue weighted by molar-refractivity contribution is 7.10. The molecule has 0 bridgehead atoms.